The van der Waals surface area contributed by atoms with Crippen molar-refractivity contribution < 1.29 is 4.52 Å². The van der Waals surface area contributed by atoms with Gasteiger partial charge in [0.1, 0.15) is 10.7 Å². The summed E-state index contributed by atoms with van der Waals surface area (Å²) in [5.74, 6) is 1.19. The minimum absolute atomic E-state index is 0.144. The van der Waals surface area contributed by atoms with Crippen LogP contribution < -0.4 is 5.73 Å². The van der Waals surface area contributed by atoms with Gasteiger partial charge in [0.25, 0.3) is 5.89 Å². The second kappa shape index (κ2) is 4.54. The Morgan fingerprint density at radius 1 is 1.35 bits per heavy atom. The molecule has 92 valence electrons. The molecule has 0 spiro atoms. The van der Waals surface area contributed by atoms with Crippen molar-refractivity contribution in [1.29, 1.82) is 0 Å². The molecule has 0 radical (unpaired) electrons. The molecule has 2 aromatic rings. The van der Waals surface area contributed by atoms with Crippen LogP contribution in [0.4, 0.5) is 0 Å². The van der Waals surface area contributed by atoms with Crippen molar-refractivity contribution in [2.75, 3.05) is 0 Å². The molecular weight excluding hydrogens is 236 g/mol. The Labute approximate surface area is 104 Å². The fraction of sp³-hybridized carbons (Fsp3) is 0.545. The fourth-order valence-corrected chi connectivity index (χ4v) is 2.06. The van der Waals surface area contributed by atoms with Gasteiger partial charge in [-0.05, 0) is 5.41 Å². The SMILES string of the molecule is CC(C)(C)Cc1noc(-c2csc(CN)n2)n1. The lowest BCUT2D eigenvalue weighted by Gasteiger charge is -2.14. The van der Waals surface area contributed by atoms with Crippen LogP contribution in [0.25, 0.3) is 11.6 Å². The van der Waals surface area contributed by atoms with Crippen molar-refractivity contribution in [3.05, 3.63) is 16.2 Å². The number of nitrogens with two attached hydrogens (primary N) is 1. The highest BCUT2D eigenvalue weighted by Gasteiger charge is 2.17. The van der Waals surface area contributed by atoms with E-state index >= 15 is 0 Å². The van der Waals surface area contributed by atoms with Crippen molar-refractivity contribution >= 4 is 11.3 Å². The molecule has 0 saturated carbocycles. The van der Waals surface area contributed by atoms with Gasteiger partial charge in [0.2, 0.25) is 0 Å². The van der Waals surface area contributed by atoms with Gasteiger partial charge >= 0.3 is 0 Å². The largest absolute Gasteiger partial charge is 0.332 e. The zero-order valence-electron chi connectivity index (χ0n) is 10.2. The number of hydrogen-bond donors (Lipinski definition) is 1. The average Bonchev–Trinajstić information content (AvgIpc) is 2.82. The fourth-order valence-electron chi connectivity index (χ4n) is 1.41. The van der Waals surface area contributed by atoms with Crippen LogP contribution in [-0.2, 0) is 13.0 Å². The Bertz CT molecular complexity index is 498. The van der Waals surface area contributed by atoms with Crippen LogP contribution in [0.3, 0.4) is 0 Å². The molecule has 2 heterocycles. The van der Waals surface area contributed by atoms with Crippen LogP contribution in [0.5, 0.6) is 0 Å². The molecule has 0 bridgehead atoms. The van der Waals surface area contributed by atoms with Gasteiger partial charge in [-0.25, -0.2) is 4.98 Å². The number of rotatable bonds is 3. The summed E-state index contributed by atoms with van der Waals surface area (Å²) >= 11 is 1.50. The van der Waals surface area contributed by atoms with Gasteiger partial charge in [-0.1, -0.05) is 25.9 Å². The van der Waals surface area contributed by atoms with E-state index in [0.29, 0.717) is 18.1 Å². The third-order valence-electron chi connectivity index (χ3n) is 2.10. The van der Waals surface area contributed by atoms with Gasteiger partial charge in [0.15, 0.2) is 5.82 Å². The van der Waals surface area contributed by atoms with Crippen LogP contribution in [0.15, 0.2) is 9.90 Å². The van der Waals surface area contributed by atoms with Crippen LogP contribution >= 0.6 is 11.3 Å². The van der Waals surface area contributed by atoms with E-state index in [0.717, 1.165) is 17.3 Å². The normalized spacial score (nSPS) is 12.0. The molecular formula is C11H16N4OS. The van der Waals surface area contributed by atoms with E-state index in [1.807, 2.05) is 5.38 Å². The molecule has 0 unspecified atom stereocenters. The quantitative estimate of drug-likeness (QED) is 0.906. The van der Waals surface area contributed by atoms with E-state index in [1.165, 1.54) is 11.3 Å². The lowest BCUT2D eigenvalue weighted by Crippen LogP contribution is -2.10. The standard InChI is InChI=1S/C11H16N4OS/c1-11(2,3)4-8-14-10(16-15-8)7-6-17-9(5-12)13-7/h6H,4-5,12H2,1-3H3. The summed E-state index contributed by atoms with van der Waals surface area (Å²) in [6.45, 7) is 6.85. The highest BCUT2D eigenvalue weighted by atomic mass is 32.1. The third kappa shape index (κ3) is 3.10. The predicted molar refractivity (Wildman–Crippen MR) is 66.5 cm³/mol. The highest BCUT2D eigenvalue weighted by molar-refractivity contribution is 7.09. The Balaban J connectivity index is 2.18. The Morgan fingerprint density at radius 3 is 2.71 bits per heavy atom. The molecule has 0 aliphatic carbocycles. The molecule has 0 atom stereocenters. The lowest BCUT2D eigenvalue weighted by molar-refractivity contribution is 0.374. The average molecular weight is 252 g/mol. The molecule has 5 nitrogen and oxygen atoms in total. The smallest absolute Gasteiger partial charge is 0.277 e. The molecule has 0 aliphatic rings. The molecule has 2 rings (SSSR count). The first-order chi connectivity index (χ1) is 7.98. The van der Waals surface area contributed by atoms with Gasteiger partial charge < -0.3 is 10.3 Å². The topological polar surface area (TPSA) is 77.8 Å². The summed E-state index contributed by atoms with van der Waals surface area (Å²) in [6.07, 6.45) is 0.782. The molecule has 0 amide bonds. The maximum Gasteiger partial charge on any atom is 0.277 e. The van der Waals surface area contributed by atoms with E-state index in [-0.39, 0.29) is 5.41 Å². The van der Waals surface area contributed by atoms with Gasteiger partial charge in [0, 0.05) is 18.3 Å². The molecule has 2 N–H and O–H groups in total. The first kappa shape index (κ1) is 12.2. The number of hydrogen-bond acceptors (Lipinski definition) is 6. The van der Waals surface area contributed by atoms with Gasteiger partial charge in [-0.15, -0.1) is 11.3 Å². The summed E-state index contributed by atoms with van der Waals surface area (Å²) in [7, 11) is 0. The van der Waals surface area contributed by atoms with E-state index < -0.39 is 0 Å². The minimum Gasteiger partial charge on any atom is -0.332 e. The second-order valence-electron chi connectivity index (χ2n) is 5.08. The molecule has 0 aliphatic heterocycles. The van der Waals surface area contributed by atoms with Crippen LogP contribution in [0, 0.1) is 5.41 Å². The van der Waals surface area contributed by atoms with Crippen molar-refractivity contribution in [2.45, 2.75) is 33.7 Å². The second-order valence-corrected chi connectivity index (χ2v) is 6.03. The van der Waals surface area contributed by atoms with Crippen molar-refractivity contribution in [3.63, 3.8) is 0 Å². The molecule has 2 aromatic heterocycles. The minimum atomic E-state index is 0.144. The molecule has 17 heavy (non-hydrogen) atoms. The maximum absolute atomic E-state index is 5.51. The van der Waals surface area contributed by atoms with Gasteiger partial charge in [-0.2, -0.15) is 4.98 Å². The number of aromatic nitrogens is 3. The van der Waals surface area contributed by atoms with E-state index in [4.69, 9.17) is 10.3 Å². The van der Waals surface area contributed by atoms with Gasteiger partial charge in [-0.3, -0.25) is 0 Å². The lowest BCUT2D eigenvalue weighted by atomic mass is 9.92. The summed E-state index contributed by atoms with van der Waals surface area (Å²) in [6, 6.07) is 0. The van der Waals surface area contributed by atoms with E-state index in [2.05, 4.69) is 35.9 Å². The number of nitrogens with zero attached hydrogens (tertiary/aromatic N) is 3. The Morgan fingerprint density at radius 2 is 2.12 bits per heavy atom. The summed E-state index contributed by atoms with van der Waals surface area (Å²) in [4.78, 5) is 8.65. The molecule has 0 fully saturated rings. The zero-order chi connectivity index (χ0) is 12.5. The Kier molecular flexibility index (Phi) is 3.26. The molecule has 6 heteroatoms. The monoisotopic (exact) mass is 252 g/mol. The van der Waals surface area contributed by atoms with Gasteiger partial charge in [0.05, 0.1) is 0 Å². The summed E-state index contributed by atoms with van der Waals surface area (Å²) in [5, 5.41) is 6.72. The first-order valence-corrected chi connectivity index (χ1v) is 6.33. The predicted octanol–water partition coefficient (Wildman–Crippen LogP) is 2.24. The van der Waals surface area contributed by atoms with Crippen molar-refractivity contribution in [3.8, 4) is 11.6 Å². The highest BCUT2D eigenvalue weighted by Crippen LogP contribution is 2.23. The van der Waals surface area contributed by atoms with Crippen LogP contribution in [0.2, 0.25) is 0 Å². The Hall–Kier alpha value is -1.27. The summed E-state index contributed by atoms with van der Waals surface area (Å²) < 4.78 is 5.20. The van der Waals surface area contributed by atoms with Crippen LogP contribution in [-0.4, -0.2) is 15.1 Å². The van der Waals surface area contributed by atoms with E-state index in [1.54, 1.807) is 0 Å². The van der Waals surface area contributed by atoms with E-state index in [9.17, 15) is 0 Å². The first-order valence-electron chi connectivity index (χ1n) is 5.45. The number of thiazole rings is 1. The molecule has 0 aromatic carbocycles. The maximum atomic E-state index is 5.51. The van der Waals surface area contributed by atoms with Crippen molar-refractivity contribution in [2.24, 2.45) is 11.1 Å². The zero-order valence-corrected chi connectivity index (χ0v) is 11.0. The summed E-state index contributed by atoms with van der Waals surface area (Å²) in [5.41, 5.74) is 6.37. The van der Waals surface area contributed by atoms with Crippen molar-refractivity contribution in [1.82, 2.24) is 15.1 Å². The third-order valence-corrected chi connectivity index (χ3v) is 2.97. The van der Waals surface area contributed by atoms with Crippen LogP contribution in [0.1, 0.15) is 31.6 Å². The molecule has 0 saturated heterocycles.